The maximum Gasteiger partial charge on any atom is 0.257 e. The molecule has 0 aromatic carbocycles. The van der Waals surface area contributed by atoms with E-state index in [-0.39, 0.29) is 11.3 Å². The Labute approximate surface area is 129 Å². The molecular formula is C12H12ClN3O4S. The second-order valence-corrected chi connectivity index (χ2v) is 5.82. The van der Waals surface area contributed by atoms with Gasteiger partial charge in [0.25, 0.3) is 11.8 Å². The maximum absolute atomic E-state index is 11.9. The summed E-state index contributed by atoms with van der Waals surface area (Å²) >= 11 is 6.76. The smallest absolute Gasteiger partial charge is 0.257 e. The third-order valence-corrected chi connectivity index (χ3v) is 4.76. The van der Waals surface area contributed by atoms with Gasteiger partial charge in [0.15, 0.2) is 5.78 Å². The third kappa shape index (κ3) is 2.86. The van der Waals surface area contributed by atoms with E-state index in [4.69, 9.17) is 11.6 Å². The van der Waals surface area contributed by atoms with Crippen LogP contribution in [0.25, 0.3) is 0 Å². The number of rotatable bonds is 6. The number of nitrogens with one attached hydrogen (secondary N) is 1. The molecule has 1 saturated heterocycles. The largest absolute Gasteiger partial charge is 0.339 e. The number of nitrogens with zero attached hydrogens (tertiary/aromatic N) is 2. The van der Waals surface area contributed by atoms with Crippen LogP contribution in [0.5, 0.6) is 0 Å². The van der Waals surface area contributed by atoms with Gasteiger partial charge in [0.1, 0.15) is 11.4 Å². The van der Waals surface area contributed by atoms with E-state index < -0.39 is 29.7 Å². The Hall–Kier alpha value is -1.67. The molecule has 7 nitrogen and oxygen atoms in total. The van der Waals surface area contributed by atoms with Gasteiger partial charge in [-0.05, 0) is 10.7 Å². The highest BCUT2D eigenvalue weighted by Gasteiger charge is 2.50. The topological polar surface area (TPSA) is 95.9 Å². The summed E-state index contributed by atoms with van der Waals surface area (Å²) < 4.78 is 0. The quantitative estimate of drug-likeness (QED) is 0.329. The van der Waals surface area contributed by atoms with Crippen LogP contribution >= 0.6 is 23.4 Å². The van der Waals surface area contributed by atoms with Gasteiger partial charge in [0.05, 0.1) is 5.88 Å². The number of hydrogen-bond acceptors (Lipinski definition) is 6. The number of allylic oxidation sites excluding steroid dienone is 1. The first-order valence-electron chi connectivity index (χ1n) is 6.02. The van der Waals surface area contributed by atoms with E-state index in [1.165, 1.54) is 16.7 Å². The Bertz CT molecular complexity index is 551. The minimum Gasteiger partial charge on any atom is -0.339 e. The predicted molar refractivity (Wildman–Crippen MR) is 78.6 cm³/mol. The summed E-state index contributed by atoms with van der Waals surface area (Å²) in [6, 6.07) is -2.48. The molecule has 3 unspecified atom stereocenters. The number of β-lactam (4-membered cyclic amide) rings is 1. The summed E-state index contributed by atoms with van der Waals surface area (Å²) in [6.45, 7) is 3.64. The summed E-state index contributed by atoms with van der Waals surface area (Å²) in [4.78, 5) is 47.1. The Morgan fingerprint density at radius 3 is 2.95 bits per heavy atom. The summed E-state index contributed by atoms with van der Waals surface area (Å²) in [5.41, 5.74) is 0.916. The fourth-order valence-corrected chi connectivity index (χ4v) is 3.40. The number of Topliss-reactive ketones (excluding diaryl/α,β-unsaturated/α-hetero) is 1. The van der Waals surface area contributed by atoms with Crippen LogP contribution in [0.15, 0.2) is 29.6 Å². The summed E-state index contributed by atoms with van der Waals surface area (Å²) in [7, 11) is 0. The SMILES string of the molecule is C=CC1=CN2C(=O)C(NC(=O)C(N=O)C(=O)CCl)C2SC1. The fourth-order valence-electron chi connectivity index (χ4n) is 2.00. The number of fused-ring (bicyclic) bond motifs is 1. The van der Waals surface area contributed by atoms with Crippen molar-refractivity contribution in [3.05, 3.63) is 29.3 Å². The van der Waals surface area contributed by atoms with Crippen molar-refractivity contribution in [3.8, 4) is 0 Å². The van der Waals surface area contributed by atoms with E-state index in [0.717, 1.165) is 5.57 Å². The van der Waals surface area contributed by atoms with Gasteiger partial charge in [-0.25, -0.2) is 0 Å². The number of carbonyl (C=O) groups is 3. The predicted octanol–water partition coefficient (Wildman–Crippen LogP) is 0.399. The highest BCUT2D eigenvalue weighted by Crippen LogP contribution is 2.36. The van der Waals surface area contributed by atoms with Gasteiger partial charge in [0, 0.05) is 12.0 Å². The van der Waals surface area contributed by atoms with Crippen LogP contribution in [0, 0.1) is 4.91 Å². The molecule has 21 heavy (non-hydrogen) atoms. The number of amides is 2. The number of hydrogen-bond donors (Lipinski definition) is 1. The molecule has 1 fully saturated rings. The average Bonchev–Trinajstić information content (AvgIpc) is 2.52. The fraction of sp³-hybridized carbons (Fsp3) is 0.417. The molecule has 3 atom stereocenters. The molecule has 9 heteroatoms. The molecule has 1 N–H and O–H groups in total. The van der Waals surface area contributed by atoms with Crippen LogP contribution in [0.4, 0.5) is 0 Å². The van der Waals surface area contributed by atoms with Crippen LogP contribution in [-0.4, -0.2) is 51.6 Å². The zero-order valence-corrected chi connectivity index (χ0v) is 12.4. The van der Waals surface area contributed by atoms with Gasteiger partial charge in [-0.15, -0.1) is 28.3 Å². The third-order valence-electron chi connectivity index (χ3n) is 3.16. The van der Waals surface area contributed by atoms with Gasteiger partial charge >= 0.3 is 0 Å². The van der Waals surface area contributed by atoms with Crippen LogP contribution in [-0.2, 0) is 14.4 Å². The molecule has 2 aliphatic heterocycles. The second-order valence-electron chi connectivity index (χ2n) is 4.45. The molecular weight excluding hydrogens is 318 g/mol. The number of thioether (sulfide) groups is 1. The van der Waals surface area contributed by atoms with Crippen molar-refractivity contribution in [1.29, 1.82) is 0 Å². The van der Waals surface area contributed by atoms with Crippen LogP contribution in [0.3, 0.4) is 0 Å². The van der Waals surface area contributed by atoms with Gasteiger partial charge in [0.2, 0.25) is 6.04 Å². The summed E-state index contributed by atoms with van der Waals surface area (Å²) in [6.07, 6.45) is 3.34. The Kier molecular flexibility index (Phi) is 4.79. The minimum absolute atomic E-state index is 0.247. The monoisotopic (exact) mass is 329 g/mol. The molecule has 0 aromatic heterocycles. The lowest BCUT2D eigenvalue weighted by Crippen LogP contribution is -2.69. The maximum atomic E-state index is 11.9. The highest BCUT2D eigenvalue weighted by molar-refractivity contribution is 8.00. The van der Waals surface area contributed by atoms with Crippen molar-refractivity contribution in [2.75, 3.05) is 11.6 Å². The first-order chi connectivity index (χ1) is 10.0. The molecule has 0 spiro atoms. The first-order valence-corrected chi connectivity index (χ1v) is 7.60. The number of carbonyl (C=O) groups excluding carboxylic acids is 3. The molecule has 2 aliphatic rings. The molecule has 0 aliphatic carbocycles. The van der Waals surface area contributed by atoms with Gasteiger partial charge in [-0.1, -0.05) is 12.7 Å². The van der Waals surface area contributed by atoms with E-state index in [1.807, 2.05) is 0 Å². The van der Waals surface area contributed by atoms with E-state index >= 15 is 0 Å². The second kappa shape index (κ2) is 6.40. The Balaban J connectivity index is 2.02. The number of halogens is 1. The molecule has 0 aromatic rings. The Morgan fingerprint density at radius 1 is 1.67 bits per heavy atom. The van der Waals surface area contributed by atoms with Crippen molar-refractivity contribution in [2.45, 2.75) is 17.5 Å². The van der Waals surface area contributed by atoms with Crippen molar-refractivity contribution in [2.24, 2.45) is 5.18 Å². The molecule has 0 bridgehead atoms. The average molecular weight is 330 g/mol. The lowest BCUT2D eigenvalue weighted by Gasteiger charge is -2.47. The zero-order valence-electron chi connectivity index (χ0n) is 10.8. The number of nitroso groups, excluding NO2 is 1. The van der Waals surface area contributed by atoms with Crippen molar-refractivity contribution < 1.29 is 14.4 Å². The van der Waals surface area contributed by atoms with Crippen molar-refractivity contribution in [1.82, 2.24) is 10.2 Å². The van der Waals surface area contributed by atoms with E-state index in [1.54, 1.807) is 12.3 Å². The van der Waals surface area contributed by atoms with Crippen molar-refractivity contribution in [3.63, 3.8) is 0 Å². The van der Waals surface area contributed by atoms with E-state index in [0.29, 0.717) is 5.75 Å². The van der Waals surface area contributed by atoms with Gasteiger partial charge in [-0.3, -0.25) is 14.4 Å². The molecule has 112 valence electrons. The Morgan fingerprint density at radius 2 is 2.38 bits per heavy atom. The minimum atomic E-state index is -1.71. The first kappa shape index (κ1) is 15.7. The molecule has 0 radical (unpaired) electrons. The lowest BCUT2D eigenvalue weighted by atomic mass is 10.1. The highest BCUT2D eigenvalue weighted by atomic mass is 35.5. The zero-order chi connectivity index (χ0) is 15.6. The summed E-state index contributed by atoms with van der Waals surface area (Å²) in [5.74, 6) is -1.81. The van der Waals surface area contributed by atoms with Gasteiger partial charge in [-0.2, -0.15) is 0 Å². The molecule has 0 saturated carbocycles. The van der Waals surface area contributed by atoms with Gasteiger partial charge < -0.3 is 10.2 Å². The standard InChI is InChI=1S/C12H12ClN3O4S/c1-2-6-4-16-11(19)9(12(16)21-5-6)14-10(18)8(15-20)7(17)3-13/h2,4,8-9,12H,1,3,5H2,(H,14,18). The molecule has 2 rings (SSSR count). The van der Waals surface area contributed by atoms with Crippen LogP contribution < -0.4 is 5.32 Å². The van der Waals surface area contributed by atoms with E-state index in [2.05, 4.69) is 17.1 Å². The lowest BCUT2D eigenvalue weighted by molar-refractivity contribution is -0.145. The molecule has 2 heterocycles. The number of alkyl halides is 1. The molecule has 2 amide bonds. The number of ketones is 1. The van der Waals surface area contributed by atoms with Crippen LogP contribution in [0.2, 0.25) is 0 Å². The van der Waals surface area contributed by atoms with E-state index in [9.17, 15) is 19.3 Å². The summed E-state index contributed by atoms with van der Waals surface area (Å²) in [5, 5.41) is 4.61. The normalized spacial score (nSPS) is 25.1. The van der Waals surface area contributed by atoms with Crippen molar-refractivity contribution >= 4 is 41.0 Å². The van der Waals surface area contributed by atoms with Crippen LogP contribution in [0.1, 0.15) is 0 Å².